The van der Waals surface area contributed by atoms with Crippen LogP contribution in [-0.4, -0.2) is 95.4 Å². The maximum atomic E-state index is 10.3. The highest BCUT2D eigenvalue weighted by atomic mass is 16.7. The van der Waals surface area contributed by atoms with Crippen LogP contribution < -0.4 is 14.2 Å². The highest BCUT2D eigenvalue weighted by Gasteiger charge is 2.45. The highest BCUT2D eigenvalue weighted by molar-refractivity contribution is 5.44. The lowest BCUT2D eigenvalue weighted by molar-refractivity contribution is -0.277. The summed E-state index contributed by atoms with van der Waals surface area (Å²) >= 11 is 0. The molecule has 2 aromatic carbocycles. The molecule has 2 aliphatic heterocycles. The van der Waals surface area contributed by atoms with Crippen molar-refractivity contribution in [3.8, 4) is 23.0 Å². The molecule has 0 amide bonds. The van der Waals surface area contributed by atoms with Crippen LogP contribution in [0.2, 0.25) is 0 Å². The Morgan fingerprint density at radius 3 is 2.30 bits per heavy atom. The van der Waals surface area contributed by atoms with Gasteiger partial charge in [-0.15, -0.1) is 0 Å². The van der Waals surface area contributed by atoms with E-state index in [1.165, 1.54) is 14.2 Å². The largest absolute Gasteiger partial charge is 0.504 e. The summed E-state index contributed by atoms with van der Waals surface area (Å²) in [6.45, 7) is -0.249. The van der Waals surface area contributed by atoms with E-state index in [1.807, 2.05) is 6.07 Å². The molecule has 204 valence electrons. The molecule has 0 spiro atoms. The minimum Gasteiger partial charge on any atom is -0.504 e. The van der Waals surface area contributed by atoms with Crippen molar-refractivity contribution in [3.63, 3.8) is 0 Å². The number of phenols is 1. The minimum atomic E-state index is -1.57. The van der Waals surface area contributed by atoms with E-state index in [2.05, 4.69) is 0 Å². The zero-order chi connectivity index (χ0) is 26.7. The third kappa shape index (κ3) is 5.63. The van der Waals surface area contributed by atoms with Gasteiger partial charge in [-0.2, -0.15) is 0 Å². The number of benzene rings is 2. The van der Waals surface area contributed by atoms with Gasteiger partial charge in [-0.1, -0.05) is 12.1 Å². The molecule has 37 heavy (non-hydrogen) atoms. The zero-order valence-electron chi connectivity index (χ0n) is 20.6. The minimum absolute atomic E-state index is 0.0142. The molecule has 11 heteroatoms. The summed E-state index contributed by atoms with van der Waals surface area (Å²) in [7, 11) is 2.93. The van der Waals surface area contributed by atoms with Gasteiger partial charge in [-0.3, -0.25) is 0 Å². The summed E-state index contributed by atoms with van der Waals surface area (Å²) in [5.74, 6) is 0.766. The topological polar surface area (TPSA) is 168 Å². The van der Waals surface area contributed by atoms with Crippen LogP contribution in [-0.2, 0) is 15.9 Å². The molecule has 8 atom stereocenters. The van der Waals surface area contributed by atoms with Crippen molar-refractivity contribution in [2.24, 2.45) is 11.8 Å². The molecule has 0 bridgehead atoms. The number of aliphatic hydroxyl groups excluding tert-OH is 5. The fourth-order valence-electron chi connectivity index (χ4n) is 4.92. The predicted molar refractivity (Wildman–Crippen MR) is 129 cm³/mol. The molecule has 4 rings (SSSR count). The van der Waals surface area contributed by atoms with Crippen LogP contribution in [0.4, 0.5) is 0 Å². The summed E-state index contributed by atoms with van der Waals surface area (Å²) in [5, 5.41) is 59.7. The van der Waals surface area contributed by atoms with Crippen molar-refractivity contribution in [1.82, 2.24) is 0 Å². The molecule has 0 radical (unpaired) electrons. The standard InChI is InChI=1S/C26H34O11/c1-33-19-8-13(3-5-17(19)29)7-15-12-35-25(16(15)10-27)14-4-6-18(20(9-14)34-2)36-26-24(32)23(31)22(30)21(11-28)37-26/h3-6,8-9,15-16,21-32H,7,10-12H2,1-2H3/t15-,16-,21-,22-,23+,24-,25+,26-/m1/s1. The Hall–Kier alpha value is -2.64. The molecular weight excluding hydrogens is 488 g/mol. The third-order valence-electron chi connectivity index (χ3n) is 7.04. The van der Waals surface area contributed by atoms with Crippen molar-refractivity contribution in [3.05, 3.63) is 47.5 Å². The Labute approximate surface area is 214 Å². The number of rotatable bonds is 9. The van der Waals surface area contributed by atoms with Crippen LogP contribution >= 0.6 is 0 Å². The van der Waals surface area contributed by atoms with E-state index in [0.717, 1.165) is 11.1 Å². The monoisotopic (exact) mass is 522 g/mol. The van der Waals surface area contributed by atoms with Gasteiger partial charge in [0.15, 0.2) is 23.0 Å². The molecule has 0 saturated carbocycles. The maximum absolute atomic E-state index is 10.3. The molecule has 2 heterocycles. The molecule has 2 fully saturated rings. The van der Waals surface area contributed by atoms with Crippen molar-refractivity contribution in [1.29, 1.82) is 0 Å². The summed E-state index contributed by atoms with van der Waals surface area (Å²) in [4.78, 5) is 0. The number of aliphatic hydroxyl groups is 5. The SMILES string of the molecule is COc1cc(C[C@@H]2CO[C@@H](c3ccc(O[C@@H]4O[C@H](CO)[C@@H](O)[C@H](O)[C@H]4O)c(OC)c3)[C@@H]2CO)ccc1O. The van der Waals surface area contributed by atoms with Crippen molar-refractivity contribution in [2.75, 3.05) is 34.0 Å². The number of hydrogen-bond donors (Lipinski definition) is 6. The predicted octanol–water partition coefficient (Wildman–Crippen LogP) is 0.127. The fraction of sp³-hybridized carbons (Fsp3) is 0.538. The average Bonchev–Trinajstić information content (AvgIpc) is 3.32. The van der Waals surface area contributed by atoms with E-state index in [1.54, 1.807) is 30.3 Å². The first-order valence-electron chi connectivity index (χ1n) is 12.0. The lowest BCUT2D eigenvalue weighted by atomic mass is 9.84. The maximum Gasteiger partial charge on any atom is 0.229 e. The number of ether oxygens (including phenoxy) is 5. The summed E-state index contributed by atoms with van der Waals surface area (Å²) in [5.41, 5.74) is 1.70. The van der Waals surface area contributed by atoms with Gasteiger partial charge >= 0.3 is 0 Å². The van der Waals surface area contributed by atoms with E-state index in [-0.39, 0.29) is 29.9 Å². The second-order valence-electron chi connectivity index (χ2n) is 9.30. The molecule has 2 aliphatic rings. The Balaban J connectivity index is 1.49. The van der Waals surface area contributed by atoms with Gasteiger partial charge in [-0.05, 0) is 47.7 Å². The first-order chi connectivity index (χ1) is 17.8. The Bertz CT molecular complexity index is 1050. The van der Waals surface area contributed by atoms with Crippen LogP contribution in [0, 0.1) is 11.8 Å². The summed E-state index contributed by atoms with van der Waals surface area (Å²) < 4.78 is 27.9. The molecule has 0 aliphatic carbocycles. The lowest BCUT2D eigenvalue weighted by Gasteiger charge is -2.39. The van der Waals surface area contributed by atoms with Gasteiger partial charge in [0.05, 0.1) is 33.5 Å². The van der Waals surface area contributed by atoms with Gasteiger partial charge in [0, 0.05) is 12.5 Å². The molecule has 11 nitrogen and oxygen atoms in total. The Morgan fingerprint density at radius 1 is 0.865 bits per heavy atom. The van der Waals surface area contributed by atoms with Gasteiger partial charge in [-0.25, -0.2) is 0 Å². The van der Waals surface area contributed by atoms with Gasteiger partial charge in [0.25, 0.3) is 0 Å². The Morgan fingerprint density at radius 2 is 1.62 bits per heavy atom. The van der Waals surface area contributed by atoms with Crippen LogP contribution in [0.1, 0.15) is 17.2 Å². The second-order valence-corrected chi connectivity index (χ2v) is 9.30. The van der Waals surface area contributed by atoms with Gasteiger partial charge in [0.2, 0.25) is 6.29 Å². The van der Waals surface area contributed by atoms with Crippen molar-refractivity contribution in [2.45, 2.75) is 43.2 Å². The van der Waals surface area contributed by atoms with Crippen LogP contribution in [0.15, 0.2) is 36.4 Å². The molecule has 0 aromatic heterocycles. The average molecular weight is 523 g/mol. The van der Waals surface area contributed by atoms with Gasteiger partial charge in [0.1, 0.15) is 24.4 Å². The van der Waals surface area contributed by atoms with E-state index in [4.69, 9.17) is 23.7 Å². The fourth-order valence-corrected chi connectivity index (χ4v) is 4.92. The molecule has 0 unspecified atom stereocenters. The van der Waals surface area contributed by atoms with Crippen molar-refractivity contribution >= 4 is 0 Å². The molecular formula is C26H34O11. The number of phenolic OH excluding ortho intramolecular Hbond substituents is 1. The zero-order valence-corrected chi connectivity index (χ0v) is 20.6. The van der Waals surface area contributed by atoms with Crippen LogP contribution in [0.25, 0.3) is 0 Å². The quantitative estimate of drug-likeness (QED) is 0.265. The second kappa shape index (κ2) is 11.8. The van der Waals surface area contributed by atoms with Crippen LogP contribution in [0.3, 0.4) is 0 Å². The van der Waals surface area contributed by atoms with Crippen molar-refractivity contribution < 1.29 is 54.3 Å². The molecule has 6 N–H and O–H groups in total. The third-order valence-corrected chi connectivity index (χ3v) is 7.04. The summed E-state index contributed by atoms with van der Waals surface area (Å²) in [6, 6.07) is 10.2. The Kier molecular flexibility index (Phi) is 8.75. The van der Waals surface area contributed by atoms with Gasteiger partial charge < -0.3 is 54.3 Å². The smallest absolute Gasteiger partial charge is 0.229 e. The first kappa shape index (κ1) is 27.4. The number of methoxy groups -OCH3 is 2. The number of hydrogen-bond acceptors (Lipinski definition) is 11. The van der Waals surface area contributed by atoms with E-state index < -0.39 is 43.4 Å². The highest BCUT2D eigenvalue weighted by Crippen LogP contribution is 2.43. The number of aromatic hydroxyl groups is 1. The van der Waals surface area contributed by atoms with E-state index in [0.29, 0.717) is 24.5 Å². The summed E-state index contributed by atoms with van der Waals surface area (Å²) in [6.07, 6.45) is -6.86. The molecule has 2 saturated heterocycles. The first-order valence-corrected chi connectivity index (χ1v) is 12.0. The van der Waals surface area contributed by atoms with Crippen LogP contribution in [0.5, 0.6) is 23.0 Å². The normalized spacial score (nSPS) is 31.8. The van der Waals surface area contributed by atoms with E-state index in [9.17, 15) is 30.6 Å². The molecule has 2 aromatic rings. The lowest BCUT2D eigenvalue weighted by Crippen LogP contribution is -2.60. The van der Waals surface area contributed by atoms with E-state index >= 15 is 0 Å².